The molecular weight excluding hydrogens is 330 g/mol. The smallest absolute Gasteiger partial charge is 0.262 e. The van der Waals surface area contributed by atoms with Crippen LogP contribution in [0, 0.1) is 30.1 Å². The highest BCUT2D eigenvalue weighted by Gasteiger charge is 2.51. The first-order chi connectivity index (χ1) is 12.4. The van der Waals surface area contributed by atoms with E-state index in [2.05, 4.69) is 9.97 Å². The minimum Gasteiger partial charge on any atom is -0.442 e. The number of rotatable bonds is 3. The van der Waals surface area contributed by atoms with Gasteiger partial charge in [0.25, 0.3) is 11.5 Å². The highest BCUT2D eigenvalue weighted by molar-refractivity contribution is 6.06. The van der Waals surface area contributed by atoms with E-state index >= 15 is 0 Å². The Labute approximate surface area is 152 Å². The fourth-order valence-corrected chi connectivity index (χ4v) is 6.56. The zero-order chi connectivity index (χ0) is 18.1. The molecule has 0 unspecified atom stereocenters. The lowest BCUT2D eigenvalue weighted by atomic mass is 9.49. The molecule has 0 radical (unpaired) electrons. The molecule has 0 aromatic carbocycles. The van der Waals surface area contributed by atoms with Gasteiger partial charge in [0.05, 0.1) is 11.9 Å². The third kappa shape index (κ3) is 2.34. The van der Waals surface area contributed by atoms with E-state index in [0.29, 0.717) is 11.3 Å². The second-order valence-corrected chi connectivity index (χ2v) is 9.02. The normalized spacial score (nSPS) is 32.3. The Kier molecular flexibility index (Phi) is 3.37. The Balaban J connectivity index is 1.45. The number of nitrogens with zero attached hydrogens (tertiary/aromatic N) is 2. The summed E-state index contributed by atoms with van der Waals surface area (Å²) in [6, 6.07) is 0. The molecule has 0 spiro atoms. The van der Waals surface area contributed by atoms with E-state index in [1.54, 1.807) is 6.92 Å². The van der Waals surface area contributed by atoms with E-state index in [1.807, 2.05) is 11.9 Å². The predicted octanol–water partition coefficient (Wildman–Crippen LogP) is 3.11. The number of carbonyl (C=O) groups excluding carboxylic acids is 1. The van der Waals surface area contributed by atoms with Crippen LogP contribution in [-0.4, -0.2) is 34.4 Å². The van der Waals surface area contributed by atoms with Gasteiger partial charge >= 0.3 is 0 Å². The molecule has 1 N–H and O–H groups in total. The molecule has 0 atom stereocenters. The number of hydrogen-bond acceptors (Lipinski definition) is 4. The summed E-state index contributed by atoms with van der Waals surface area (Å²) < 4.78 is 5.57. The molecule has 26 heavy (non-hydrogen) atoms. The fraction of sp³-hybridized carbons (Fsp3) is 0.650. The first-order valence-corrected chi connectivity index (χ1v) is 9.66. The number of aromatic nitrogens is 2. The van der Waals surface area contributed by atoms with Gasteiger partial charge in [-0.2, -0.15) is 0 Å². The van der Waals surface area contributed by atoms with Crippen molar-refractivity contribution in [3.63, 3.8) is 0 Å². The van der Waals surface area contributed by atoms with E-state index < -0.39 is 0 Å². The summed E-state index contributed by atoms with van der Waals surface area (Å²) in [5, 5.41) is 0.271. The highest BCUT2D eigenvalue weighted by Crippen LogP contribution is 2.60. The molecule has 4 aliphatic rings. The average molecular weight is 355 g/mol. The predicted molar refractivity (Wildman–Crippen MR) is 96.9 cm³/mol. The lowest BCUT2D eigenvalue weighted by Gasteiger charge is -2.57. The third-order valence-corrected chi connectivity index (χ3v) is 6.97. The van der Waals surface area contributed by atoms with Gasteiger partial charge in [-0.3, -0.25) is 9.59 Å². The zero-order valence-electron chi connectivity index (χ0n) is 15.4. The van der Waals surface area contributed by atoms with Crippen molar-refractivity contribution in [2.24, 2.45) is 23.2 Å². The Hall–Kier alpha value is -2.11. The van der Waals surface area contributed by atoms with E-state index in [-0.39, 0.29) is 28.0 Å². The number of aromatic amines is 1. The van der Waals surface area contributed by atoms with Gasteiger partial charge in [-0.05, 0) is 68.6 Å². The van der Waals surface area contributed by atoms with Crippen LogP contribution in [0.1, 0.15) is 54.6 Å². The molecule has 2 heterocycles. The van der Waals surface area contributed by atoms with Crippen molar-refractivity contribution < 1.29 is 9.21 Å². The van der Waals surface area contributed by atoms with Crippen molar-refractivity contribution in [1.29, 1.82) is 0 Å². The summed E-state index contributed by atoms with van der Waals surface area (Å²) in [6.45, 7) is 2.51. The van der Waals surface area contributed by atoms with Crippen molar-refractivity contribution >= 4 is 17.0 Å². The summed E-state index contributed by atoms with van der Waals surface area (Å²) in [6.07, 6.45) is 9.24. The monoisotopic (exact) mass is 355 g/mol. The van der Waals surface area contributed by atoms with Gasteiger partial charge < -0.3 is 14.3 Å². The number of amides is 1. The molecule has 2 aromatic rings. The number of carbonyl (C=O) groups is 1. The quantitative estimate of drug-likeness (QED) is 0.917. The summed E-state index contributed by atoms with van der Waals surface area (Å²) in [7, 11) is 1.86. The van der Waals surface area contributed by atoms with Crippen molar-refractivity contribution in [3.8, 4) is 0 Å². The molecule has 0 saturated heterocycles. The second-order valence-electron chi connectivity index (χ2n) is 9.02. The van der Waals surface area contributed by atoms with Crippen LogP contribution in [-0.2, 0) is 0 Å². The molecule has 4 fully saturated rings. The number of fused-ring (bicyclic) bond motifs is 1. The summed E-state index contributed by atoms with van der Waals surface area (Å²) in [5.74, 6) is 2.90. The Morgan fingerprint density at radius 2 is 1.88 bits per heavy atom. The topological polar surface area (TPSA) is 79.2 Å². The standard InChI is InChI=1S/C20H25N3O3/c1-11-15(16-17(24)21-10-22-18(16)26-11)19(25)23(2)9-20-6-12-3-13(7-20)5-14(4-12)8-20/h10,12-14H,3-9H2,1-2H3,(H,21,22,24). The van der Waals surface area contributed by atoms with Crippen molar-refractivity contribution in [1.82, 2.24) is 14.9 Å². The van der Waals surface area contributed by atoms with Crippen LogP contribution in [0.25, 0.3) is 11.1 Å². The van der Waals surface area contributed by atoms with Crippen LogP contribution in [0.3, 0.4) is 0 Å². The average Bonchev–Trinajstić information content (AvgIpc) is 2.89. The molecule has 6 rings (SSSR count). The maximum Gasteiger partial charge on any atom is 0.262 e. The minimum absolute atomic E-state index is 0.129. The third-order valence-electron chi connectivity index (χ3n) is 6.97. The molecule has 6 nitrogen and oxygen atoms in total. The van der Waals surface area contributed by atoms with Crippen molar-refractivity contribution in [3.05, 3.63) is 28.0 Å². The van der Waals surface area contributed by atoms with Crippen LogP contribution in [0.5, 0.6) is 0 Å². The number of aryl methyl sites for hydroxylation is 1. The van der Waals surface area contributed by atoms with E-state index in [9.17, 15) is 9.59 Å². The van der Waals surface area contributed by atoms with Gasteiger partial charge in [-0.25, -0.2) is 4.98 Å². The first kappa shape index (κ1) is 16.1. The number of H-pyrrole nitrogens is 1. The van der Waals surface area contributed by atoms with Gasteiger partial charge in [0.2, 0.25) is 5.71 Å². The van der Waals surface area contributed by atoms with Crippen LogP contribution in [0.4, 0.5) is 0 Å². The Morgan fingerprint density at radius 1 is 1.27 bits per heavy atom. The van der Waals surface area contributed by atoms with Crippen LogP contribution >= 0.6 is 0 Å². The highest BCUT2D eigenvalue weighted by atomic mass is 16.3. The van der Waals surface area contributed by atoms with E-state index in [4.69, 9.17) is 4.42 Å². The van der Waals surface area contributed by atoms with Gasteiger partial charge in [0.1, 0.15) is 11.1 Å². The first-order valence-electron chi connectivity index (χ1n) is 9.66. The summed E-state index contributed by atoms with van der Waals surface area (Å²) in [4.78, 5) is 33.8. The van der Waals surface area contributed by atoms with Crippen LogP contribution in [0.2, 0.25) is 0 Å². The van der Waals surface area contributed by atoms with Crippen LogP contribution < -0.4 is 5.56 Å². The molecule has 4 saturated carbocycles. The molecule has 1 amide bonds. The van der Waals surface area contributed by atoms with E-state index in [0.717, 1.165) is 24.3 Å². The second kappa shape index (κ2) is 5.44. The minimum atomic E-state index is -0.321. The molecular formula is C20H25N3O3. The van der Waals surface area contributed by atoms with Crippen molar-refractivity contribution in [2.45, 2.75) is 45.4 Å². The Bertz CT molecular complexity index is 906. The van der Waals surface area contributed by atoms with Gasteiger partial charge in [-0.1, -0.05) is 0 Å². The number of hydrogen-bond donors (Lipinski definition) is 1. The molecule has 4 aliphatic carbocycles. The summed E-state index contributed by atoms with van der Waals surface area (Å²) in [5.41, 5.74) is 0.551. The lowest BCUT2D eigenvalue weighted by Crippen LogP contribution is -2.51. The Morgan fingerprint density at radius 3 is 2.50 bits per heavy atom. The molecule has 4 bridgehead atoms. The number of nitrogens with one attached hydrogen (secondary N) is 1. The number of furan rings is 1. The largest absolute Gasteiger partial charge is 0.442 e. The molecule has 138 valence electrons. The maximum atomic E-state index is 13.2. The van der Waals surface area contributed by atoms with E-state index in [1.165, 1.54) is 44.9 Å². The van der Waals surface area contributed by atoms with Gasteiger partial charge in [-0.15, -0.1) is 0 Å². The molecule has 6 heteroatoms. The maximum absolute atomic E-state index is 13.2. The van der Waals surface area contributed by atoms with Crippen LogP contribution in [0.15, 0.2) is 15.5 Å². The zero-order valence-corrected chi connectivity index (χ0v) is 15.4. The fourth-order valence-electron chi connectivity index (χ4n) is 6.56. The SMILES string of the molecule is Cc1oc2nc[nH]c(=O)c2c1C(=O)N(C)CC12CC3CC(CC(C3)C1)C2. The lowest BCUT2D eigenvalue weighted by molar-refractivity contribution is -0.0629. The van der Waals surface area contributed by atoms with Gasteiger partial charge in [0.15, 0.2) is 0 Å². The van der Waals surface area contributed by atoms with Crippen molar-refractivity contribution in [2.75, 3.05) is 13.6 Å². The van der Waals surface area contributed by atoms with Gasteiger partial charge in [0, 0.05) is 13.6 Å². The molecule has 2 aromatic heterocycles. The molecule has 0 aliphatic heterocycles. The summed E-state index contributed by atoms with van der Waals surface area (Å²) >= 11 is 0.